The van der Waals surface area contributed by atoms with E-state index in [-0.39, 0.29) is 5.82 Å². The molecule has 0 saturated heterocycles. The van der Waals surface area contributed by atoms with Crippen LogP contribution in [0.3, 0.4) is 0 Å². The number of halogens is 2. The highest BCUT2D eigenvalue weighted by Crippen LogP contribution is 2.32. The minimum atomic E-state index is -1.56. The Hall–Kier alpha value is -0.833. The van der Waals surface area contributed by atoms with Crippen LogP contribution in [0.5, 0.6) is 0 Å². The van der Waals surface area contributed by atoms with Crippen LogP contribution in [0.25, 0.3) is 0 Å². The summed E-state index contributed by atoms with van der Waals surface area (Å²) in [4.78, 5) is 0. The van der Waals surface area contributed by atoms with Crippen molar-refractivity contribution in [2.75, 3.05) is 11.9 Å². The molecule has 0 amide bonds. The molecule has 2 rings (SSSR count). The van der Waals surface area contributed by atoms with E-state index in [1.54, 1.807) is 6.07 Å². The van der Waals surface area contributed by atoms with Crippen molar-refractivity contribution in [1.82, 2.24) is 0 Å². The van der Waals surface area contributed by atoms with Gasteiger partial charge in [-0.05, 0) is 27.6 Å². The van der Waals surface area contributed by atoms with Crippen LogP contribution in [-0.4, -0.2) is 25.8 Å². The first kappa shape index (κ1) is 14.6. The molecular weight excluding hydrogens is 325 g/mol. The molecule has 0 radical (unpaired) electrons. The van der Waals surface area contributed by atoms with Crippen LogP contribution in [0.4, 0.5) is 10.1 Å². The fraction of sp³-hybridized carbons (Fsp3) is 0.429. The highest BCUT2D eigenvalue weighted by atomic mass is 79.9. The van der Waals surface area contributed by atoms with Gasteiger partial charge in [-0.25, -0.2) is 4.39 Å². The summed E-state index contributed by atoms with van der Waals surface area (Å²) in [5.74, 6) is 2.67. The Kier molecular flexibility index (Phi) is 4.05. The van der Waals surface area contributed by atoms with Crippen LogP contribution in [0.15, 0.2) is 10.5 Å². The molecule has 1 atom stereocenters. The van der Waals surface area contributed by atoms with Gasteiger partial charge in [0.1, 0.15) is 8.07 Å². The Morgan fingerprint density at radius 1 is 1.47 bits per heavy atom. The molecule has 0 aromatic heterocycles. The third-order valence-corrected chi connectivity index (χ3v) is 4.29. The van der Waals surface area contributed by atoms with E-state index in [9.17, 15) is 9.50 Å². The molecule has 2 nitrogen and oxygen atoms in total. The van der Waals surface area contributed by atoms with Crippen LogP contribution in [-0.2, 0) is 6.42 Å². The molecule has 2 N–H and O–H groups in total. The zero-order valence-corrected chi connectivity index (χ0v) is 13.9. The molecule has 102 valence electrons. The SMILES string of the molecule is C[Si](C)(C)C#Cc1c(F)c(Br)cc2c1NCC(O)C2. The first-order chi connectivity index (χ1) is 8.78. The zero-order valence-electron chi connectivity index (χ0n) is 11.3. The summed E-state index contributed by atoms with van der Waals surface area (Å²) in [6.07, 6.45) is 0.103. The second kappa shape index (κ2) is 5.27. The van der Waals surface area contributed by atoms with Gasteiger partial charge in [0.05, 0.1) is 21.8 Å². The smallest absolute Gasteiger partial charge is 0.155 e. The molecule has 5 heteroatoms. The number of hydrogen-bond acceptors (Lipinski definition) is 2. The predicted molar refractivity (Wildman–Crippen MR) is 82.5 cm³/mol. The standard InChI is InChI=1S/C14H17BrFNOSi/c1-19(2,3)5-4-11-13(16)12(15)7-9-6-10(18)8-17-14(9)11/h7,10,17-18H,6,8H2,1-3H3. The number of rotatable bonds is 0. The number of fused-ring (bicyclic) bond motifs is 1. The van der Waals surface area contributed by atoms with Crippen LogP contribution in [0.2, 0.25) is 19.6 Å². The van der Waals surface area contributed by atoms with Crippen molar-refractivity contribution >= 4 is 29.7 Å². The number of β-amino-alcohol motifs (C(OH)–C–C–N with tert-alkyl or cyclic N) is 1. The second-order valence-electron chi connectivity index (χ2n) is 5.82. The molecule has 0 saturated carbocycles. The van der Waals surface area contributed by atoms with Gasteiger partial charge in [-0.2, -0.15) is 0 Å². The number of aliphatic hydroxyl groups is 1. The van der Waals surface area contributed by atoms with Gasteiger partial charge in [0, 0.05) is 13.0 Å². The highest BCUT2D eigenvalue weighted by Gasteiger charge is 2.22. The monoisotopic (exact) mass is 341 g/mol. The van der Waals surface area contributed by atoms with Crippen molar-refractivity contribution in [3.05, 3.63) is 27.5 Å². The highest BCUT2D eigenvalue weighted by molar-refractivity contribution is 9.10. The van der Waals surface area contributed by atoms with Gasteiger partial charge in [-0.15, -0.1) is 5.54 Å². The third-order valence-electron chi connectivity index (χ3n) is 2.83. The molecule has 19 heavy (non-hydrogen) atoms. The summed E-state index contributed by atoms with van der Waals surface area (Å²) in [6, 6.07) is 1.72. The van der Waals surface area contributed by atoms with Crippen LogP contribution >= 0.6 is 15.9 Å². The summed E-state index contributed by atoms with van der Waals surface area (Å²) >= 11 is 3.22. The van der Waals surface area contributed by atoms with E-state index >= 15 is 0 Å². The van der Waals surface area contributed by atoms with Crippen molar-refractivity contribution in [1.29, 1.82) is 0 Å². The molecule has 1 unspecified atom stereocenters. The quantitative estimate of drug-likeness (QED) is 0.561. The molecule has 1 heterocycles. The van der Waals surface area contributed by atoms with Crippen LogP contribution < -0.4 is 5.32 Å². The number of aliphatic hydroxyl groups excluding tert-OH is 1. The van der Waals surface area contributed by atoms with Crippen molar-refractivity contribution in [3.63, 3.8) is 0 Å². The topological polar surface area (TPSA) is 32.3 Å². The number of benzene rings is 1. The number of nitrogens with one attached hydrogen (secondary N) is 1. The third kappa shape index (κ3) is 3.38. The lowest BCUT2D eigenvalue weighted by atomic mass is 9.98. The number of hydrogen-bond donors (Lipinski definition) is 2. The van der Waals surface area contributed by atoms with Crippen molar-refractivity contribution in [2.24, 2.45) is 0 Å². The van der Waals surface area contributed by atoms with Gasteiger partial charge in [0.25, 0.3) is 0 Å². The van der Waals surface area contributed by atoms with Crippen LogP contribution in [0.1, 0.15) is 11.1 Å². The predicted octanol–water partition coefficient (Wildman–Crippen LogP) is 3.15. The molecule has 1 aliphatic rings. The van der Waals surface area contributed by atoms with E-state index in [0.29, 0.717) is 23.0 Å². The Balaban J connectivity index is 2.55. The minimum Gasteiger partial charge on any atom is -0.391 e. The summed E-state index contributed by atoms with van der Waals surface area (Å²) < 4.78 is 14.6. The lowest BCUT2D eigenvalue weighted by Gasteiger charge is -2.24. The van der Waals surface area contributed by atoms with Gasteiger partial charge < -0.3 is 10.4 Å². The summed E-state index contributed by atoms with van der Waals surface area (Å²) in [7, 11) is -1.56. The van der Waals surface area contributed by atoms with Gasteiger partial charge in [0.2, 0.25) is 0 Å². The summed E-state index contributed by atoms with van der Waals surface area (Å²) in [6.45, 7) is 6.81. The van der Waals surface area contributed by atoms with E-state index in [4.69, 9.17) is 0 Å². The first-order valence-electron chi connectivity index (χ1n) is 6.24. The van der Waals surface area contributed by atoms with Crippen molar-refractivity contribution < 1.29 is 9.50 Å². The van der Waals surface area contributed by atoms with Gasteiger partial charge >= 0.3 is 0 Å². The molecule has 1 aliphatic heterocycles. The maximum absolute atomic E-state index is 14.2. The fourth-order valence-corrected chi connectivity index (χ4v) is 2.93. The average molecular weight is 342 g/mol. The van der Waals surface area contributed by atoms with Crippen LogP contribution in [0, 0.1) is 17.3 Å². The molecule has 1 aromatic carbocycles. The Morgan fingerprint density at radius 2 is 2.16 bits per heavy atom. The van der Waals surface area contributed by atoms with E-state index in [1.807, 2.05) is 0 Å². The van der Waals surface area contributed by atoms with Gasteiger partial charge in [-0.1, -0.05) is 25.6 Å². The normalized spacial score (nSPS) is 18.1. The Labute approximate surface area is 122 Å². The maximum Gasteiger partial charge on any atom is 0.155 e. The molecule has 0 spiro atoms. The number of anilines is 1. The van der Waals surface area contributed by atoms with Crippen molar-refractivity contribution in [2.45, 2.75) is 32.2 Å². The van der Waals surface area contributed by atoms with Gasteiger partial charge in [-0.3, -0.25) is 0 Å². The molecule has 1 aromatic rings. The summed E-state index contributed by atoms with van der Waals surface area (Å²) in [5.41, 5.74) is 5.25. The maximum atomic E-state index is 14.2. The minimum absolute atomic E-state index is 0.326. The lowest BCUT2D eigenvalue weighted by molar-refractivity contribution is 0.184. The zero-order chi connectivity index (χ0) is 14.2. The van der Waals surface area contributed by atoms with E-state index in [0.717, 1.165) is 11.3 Å². The van der Waals surface area contributed by atoms with E-state index in [2.05, 4.69) is 52.4 Å². The second-order valence-corrected chi connectivity index (χ2v) is 11.4. The average Bonchev–Trinajstić information content (AvgIpc) is 2.28. The largest absolute Gasteiger partial charge is 0.391 e. The molecule has 0 aliphatic carbocycles. The lowest BCUT2D eigenvalue weighted by Crippen LogP contribution is -2.28. The van der Waals surface area contributed by atoms with E-state index < -0.39 is 14.2 Å². The fourth-order valence-electron chi connectivity index (χ4n) is 1.95. The van der Waals surface area contributed by atoms with Gasteiger partial charge in [0.15, 0.2) is 5.82 Å². The Bertz CT molecular complexity index is 572. The van der Waals surface area contributed by atoms with E-state index in [1.165, 1.54) is 0 Å². The molecule has 0 fully saturated rings. The first-order valence-corrected chi connectivity index (χ1v) is 10.5. The molecular formula is C14H17BrFNOSi. The van der Waals surface area contributed by atoms with Crippen molar-refractivity contribution in [3.8, 4) is 11.5 Å². The summed E-state index contributed by atoms with van der Waals surface area (Å²) in [5, 5.41) is 12.8. The molecule has 0 bridgehead atoms. The Morgan fingerprint density at radius 3 is 2.79 bits per heavy atom.